The largest absolute Gasteiger partial charge is 0.394 e. The van der Waals surface area contributed by atoms with E-state index in [-0.39, 0.29) is 6.61 Å². The van der Waals surface area contributed by atoms with Crippen molar-refractivity contribution >= 4 is 5.71 Å². The molecule has 4 heteroatoms. The lowest BCUT2D eigenvalue weighted by Gasteiger charge is -2.08. The number of aliphatic hydroxyl groups is 1. The van der Waals surface area contributed by atoms with Gasteiger partial charge < -0.3 is 14.6 Å². The number of ether oxygens (including phenoxy) is 2. The summed E-state index contributed by atoms with van der Waals surface area (Å²) in [6, 6.07) is 20.3. The third-order valence-corrected chi connectivity index (χ3v) is 3.21. The second kappa shape index (κ2) is 10.7. The molecule has 0 atom stereocenters. The molecule has 2 aromatic carbocycles. The lowest BCUT2D eigenvalue weighted by atomic mass is 10.0. The van der Waals surface area contributed by atoms with Crippen LogP contribution >= 0.6 is 0 Å². The van der Waals surface area contributed by atoms with Crippen molar-refractivity contribution < 1.29 is 14.6 Å². The molecule has 0 aliphatic heterocycles. The summed E-state index contributed by atoms with van der Waals surface area (Å²) in [6.07, 6.45) is 0. The second-order valence-corrected chi connectivity index (χ2v) is 4.91. The Balaban J connectivity index is 1.90. The standard InChI is InChI=1S/C19H23NO3/c21-12-14-23-16-15-22-13-11-20-19(17-7-3-1-4-8-17)18-9-5-2-6-10-18/h1-10,21H,11-16H2. The highest BCUT2D eigenvalue weighted by Crippen LogP contribution is 2.10. The highest BCUT2D eigenvalue weighted by atomic mass is 16.5. The Kier molecular flexibility index (Phi) is 8.05. The Morgan fingerprint density at radius 2 is 1.26 bits per heavy atom. The van der Waals surface area contributed by atoms with Gasteiger partial charge >= 0.3 is 0 Å². The van der Waals surface area contributed by atoms with Crippen molar-refractivity contribution in [2.75, 3.05) is 39.6 Å². The molecule has 0 aliphatic carbocycles. The molecule has 0 saturated carbocycles. The Bertz CT molecular complexity index is 528. The fourth-order valence-electron chi connectivity index (χ4n) is 2.15. The molecule has 0 bridgehead atoms. The number of aliphatic hydroxyl groups excluding tert-OH is 1. The van der Waals surface area contributed by atoms with Gasteiger partial charge in [-0.15, -0.1) is 0 Å². The molecule has 0 fully saturated rings. The van der Waals surface area contributed by atoms with Crippen molar-refractivity contribution in [3.05, 3.63) is 71.8 Å². The first-order chi connectivity index (χ1) is 11.4. The average Bonchev–Trinajstić information content (AvgIpc) is 2.62. The van der Waals surface area contributed by atoms with Gasteiger partial charge in [-0.25, -0.2) is 0 Å². The average molecular weight is 313 g/mol. The summed E-state index contributed by atoms with van der Waals surface area (Å²) >= 11 is 0. The summed E-state index contributed by atoms with van der Waals surface area (Å²) in [5.41, 5.74) is 3.18. The minimum Gasteiger partial charge on any atom is -0.394 e. The molecule has 122 valence electrons. The first kappa shape index (κ1) is 17.3. The molecule has 0 radical (unpaired) electrons. The van der Waals surface area contributed by atoms with Gasteiger partial charge in [0.1, 0.15) is 0 Å². The number of benzene rings is 2. The Hall–Kier alpha value is -2.01. The second-order valence-electron chi connectivity index (χ2n) is 4.91. The van der Waals surface area contributed by atoms with Crippen LogP contribution in [0.15, 0.2) is 65.7 Å². The van der Waals surface area contributed by atoms with Crippen LogP contribution in [0.5, 0.6) is 0 Å². The maximum atomic E-state index is 8.60. The number of hydrogen-bond donors (Lipinski definition) is 1. The minimum absolute atomic E-state index is 0.0435. The predicted octanol–water partition coefficient (Wildman–Crippen LogP) is 2.55. The molecule has 4 nitrogen and oxygen atoms in total. The first-order valence-corrected chi connectivity index (χ1v) is 7.83. The summed E-state index contributed by atoms with van der Waals surface area (Å²) in [4.78, 5) is 4.71. The highest BCUT2D eigenvalue weighted by Gasteiger charge is 2.05. The third kappa shape index (κ3) is 6.32. The van der Waals surface area contributed by atoms with Crippen LogP contribution < -0.4 is 0 Å². The van der Waals surface area contributed by atoms with Gasteiger partial charge in [-0.2, -0.15) is 0 Å². The molecule has 0 heterocycles. The molecule has 0 aliphatic rings. The monoisotopic (exact) mass is 313 g/mol. The van der Waals surface area contributed by atoms with Crippen LogP contribution in [0.2, 0.25) is 0 Å². The summed E-state index contributed by atoms with van der Waals surface area (Å²) in [6.45, 7) is 2.55. The van der Waals surface area contributed by atoms with Crippen molar-refractivity contribution in [2.45, 2.75) is 0 Å². The van der Waals surface area contributed by atoms with Crippen LogP contribution in [0, 0.1) is 0 Å². The fraction of sp³-hybridized carbons (Fsp3) is 0.316. The molecule has 0 amide bonds. The zero-order valence-electron chi connectivity index (χ0n) is 13.2. The zero-order valence-corrected chi connectivity index (χ0v) is 13.2. The molecule has 0 spiro atoms. The van der Waals surface area contributed by atoms with Crippen molar-refractivity contribution in [3.63, 3.8) is 0 Å². The van der Waals surface area contributed by atoms with Gasteiger partial charge in [0.15, 0.2) is 0 Å². The quantitative estimate of drug-likeness (QED) is 0.542. The van der Waals surface area contributed by atoms with Crippen molar-refractivity contribution in [1.29, 1.82) is 0 Å². The van der Waals surface area contributed by atoms with E-state index >= 15 is 0 Å². The van der Waals surface area contributed by atoms with E-state index in [0.717, 1.165) is 16.8 Å². The van der Waals surface area contributed by atoms with Gasteiger partial charge in [0, 0.05) is 11.1 Å². The lowest BCUT2D eigenvalue weighted by molar-refractivity contribution is 0.0355. The molecule has 2 rings (SSSR count). The van der Waals surface area contributed by atoms with Crippen LogP contribution in [-0.2, 0) is 9.47 Å². The third-order valence-electron chi connectivity index (χ3n) is 3.21. The summed E-state index contributed by atoms with van der Waals surface area (Å²) in [7, 11) is 0. The van der Waals surface area contributed by atoms with E-state index < -0.39 is 0 Å². The maximum absolute atomic E-state index is 8.60. The molecule has 0 saturated heterocycles. The smallest absolute Gasteiger partial charge is 0.0719 e. The summed E-state index contributed by atoms with van der Waals surface area (Å²) in [5, 5.41) is 8.60. The molecule has 2 aromatic rings. The van der Waals surface area contributed by atoms with Gasteiger partial charge in [-0.3, -0.25) is 4.99 Å². The van der Waals surface area contributed by atoms with E-state index in [9.17, 15) is 0 Å². The molecular formula is C19H23NO3. The van der Waals surface area contributed by atoms with E-state index in [1.807, 2.05) is 36.4 Å². The number of rotatable bonds is 10. The fourth-order valence-corrected chi connectivity index (χ4v) is 2.15. The minimum atomic E-state index is 0.0435. The van der Waals surface area contributed by atoms with E-state index in [1.54, 1.807) is 0 Å². The van der Waals surface area contributed by atoms with Crippen molar-refractivity contribution in [3.8, 4) is 0 Å². The van der Waals surface area contributed by atoms with Crippen LogP contribution in [0.4, 0.5) is 0 Å². The summed E-state index contributed by atoms with van der Waals surface area (Å²) < 4.78 is 10.6. The Morgan fingerprint density at radius 1 is 0.739 bits per heavy atom. The zero-order chi connectivity index (χ0) is 16.2. The van der Waals surface area contributed by atoms with Crippen molar-refractivity contribution in [2.24, 2.45) is 4.99 Å². The molecule has 23 heavy (non-hydrogen) atoms. The van der Waals surface area contributed by atoms with Gasteiger partial charge in [0.05, 0.1) is 45.3 Å². The lowest BCUT2D eigenvalue weighted by Crippen LogP contribution is -2.10. The van der Waals surface area contributed by atoms with Crippen molar-refractivity contribution in [1.82, 2.24) is 0 Å². The van der Waals surface area contributed by atoms with Crippen LogP contribution in [0.25, 0.3) is 0 Å². The SMILES string of the molecule is OCCOCCOCCN=C(c1ccccc1)c1ccccc1. The number of aliphatic imine (C=N–C) groups is 1. The molecule has 0 unspecified atom stereocenters. The van der Waals surface area contributed by atoms with Gasteiger partial charge in [-0.05, 0) is 0 Å². The van der Waals surface area contributed by atoms with Gasteiger partial charge in [0.25, 0.3) is 0 Å². The maximum Gasteiger partial charge on any atom is 0.0719 e. The van der Waals surface area contributed by atoms with E-state index in [1.165, 1.54) is 0 Å². The van der Waals surface area contributed by atoms with E-state index in [0.29, 0.717) is 33.0 Å². The summed E-state index contributed by atoms with van der Waals surface area (Å²) in [5.74, 6) is 0. The van der Waals surface area contributed by atoms with Crippen LogP contribution in [0.1, 0.15) is 11.1 Å². The van der Waals surface area contributed by atoms with Crippen LogP contribution in [0.3, 0.4) is 0 Å². The highest BCUT2D eigenvalue weighted by molar-refractivity contribution is 6.12. The predicted molar refractivity (Wildman–Crippen MR) is 92.1 cm³/mol. The van der Waals surface area contributed by atoms with Gasteiger partial charge in [0.2, 0.25) is 0 Å². The Labute approximate surface area is 137 Å². The Morgan fingerprint density at radius 3 is 1.78 bits per heavy atom. The normalized spacial score (nSPS) is 10.5. The van der Waals surface area contributed by atoms with Gasteiger partial charge in [-0.1, -0.05) is 60.7 Å². The molecule has 0 aromatic heterocycles. The van der Waals surface area contributed by atoms with E-state index in [2.05, 4.69) is 24.3 Å². The first-order valence-electron chi connectivity index (χ1n) is 7.83. The topological polar surface area (TPSA) is 51.0 Å². The number of nitrogens with zero attached hydrogens (tertiary/aromatic N) is 1. The van der Waals surface area contributed by atoms with E-state index in [4.69, 9.17) is 19.6 Å². The molecular weight excluding hydrogens is 290 g/mol. The number of hydrogen-bond acceptors (Lipinski definition) is 4. The van der Waals surface area contributed by atoms with Crippen LogP contribution in [-0.4, -0.2) is 50.4 Å². The molecule has 1 N–H and O–H groups in total.